The molecule has 4 rings (SSSR count). The first-order valence-corrected chi connectivity index (χ1v) is 11.8. The number of halogens is 1. The number of thioether (sulfide) groups is 1. The number of amides is 2. The van der Waals surface area contributed by atoms with Crippen LogP contribution in [0.5, 0.6) is 0 Å². The number of aryl methyl sites for hydroxylation is 1. The molecule has 0 aliphatic carbocycles. The molecular formula is C23H21ClN6O2S. The van der Waals surface area contributed by atoms with Crippen LogP contribution in [0.1, 0.15) is 37.7 Å². The quantitative estimate of drug-likeness (QED) is 0.557. The lowest BCUT2D eigenvalue weighted by Crippen LogP contribution is -2.24. The lowest BCUT2D eigenvalue weighted by atomic mass is 10.0. The molecule has 0 atom stereocenters. The predicted molar refractivity (Wildman–Crippen MR) is 128 cm³/mol. The first-order chi connectivity index (χ1) is 15.9. The average Bonchev–Trinajstić information content (AvgIpc) is 3.21. The molecule has 0 unspecified atom stereocenters. The predicted octanol–water partition coefficient (Wildman–Crippen LogP) is 3.62. The smallest absolute Gasteiger partial charge is 0.274 e. The number of carbonyl (C=O) groups excluding carboxylic acids is 2. The summed E-state index contributed by atoms with van der Waals surface area (Å²) in [5.74, 6) is 2.14. The van der Waals surface area contributed by atoms with Crippen molar-refractivity contribution in [2.75, 3.05) is 23.9 Å². The fraction of sp³-hybridized carbons (Fsp3) is 0.261. The van der Waals surface area contributed by atoms with Gasteiger partial charge in [-0.2, -0.15) is 22.1 Å². The van der Waals surface area contributed by atoms with E-state index in [4.69, 9.17) is 11.6 Å². The highest BCUT2D eigenvalue weighted by molar-refractivity contribution is 8.00. The van der Waals surface area contributed by atoms with Crippen molar-refractivity contribution in [1.29, 1.82) is 5.26 Å². The fourth-order valence-electron chi connectivity index (χ4n) is 3.59. The van der Waals surface area contributed by atoms with Crippen molar-refractivity contribution in [2.45, 2.75) is 13.3 Å². The second kappa shape index (κ2) is 9.65. The third-order valence-electron chi connectivity index (χ3n) is 5.31. The monoisotopic (exact) mass is 480 g/mol. The number of hydrogen-bond donors (Lipinski definition) is 2. The van der Waals surface area contributed by atoms with Gasteiger partial charge in [-0.3, -0.25) is 9.59 Å². The Bertz CT molecular complexity index is 1280. The van der Waals surface area contributed by atoms with E-state index in [0.717, 1.165) is 23.6 Å². The zero-order valence-corrected chi connectivity index (χ0v) is 19.6. The van der Waals surface area contributed by atoms with E-state index in [-0.39, 0.29) is 11.3 Å². The molecule has 2 amide bonds. The summed E-state index contributed by atoms with van der Waals surface area (Å²) in [5.41, 5.74) is 2.48. The van der Waals surface area contributed by atoms with Crippen molar-refractivity contribution in [1.82, 2.24) is 20.1 Å². The summed E-state index contributed by atoms with van der Waals surface area (Å²) in [6.45, 7) is 1.73. The van der Waals surface area contributed by atoms with Crippen LogP contribution < -0.4 is 10.6 Å². The second-order valence-electron chi connectivity index (χ2n) is 7.71. The highest BCUT2D eigenvalue weighted by Gasteiger charge is 2.25. The molecule has 3 heterocycles. The van der Waals surface area contributed by atoms with E-state index in [9.17, 15) is 14.9 Å². The molecule has 10 heteroatoms. The Hall–Kier alpha value is -3.35. The minimum Gasteiger partial charge on any atom is -0.355 e. The summed E-state index contributed by atoms with van der Waals surface area (Å²) in [6, 6.07) is 10.2. The number of benzene rings is 1. The Labute approximate surface area is 200 Å². The van der Waals surface area contributed by atoms with Crippen molar-refractivity contribution < 1.29 is 9.59 Å². The molecule has 1 aliphatic rings. The molecule has 0 saturated carbocycles. The van der Waals surface area contributed by atoms with Gasteiger partial charge in [0.15, 0.2) is 5.82 Å². The second-order valence-corrected chi connectivity index (χ2v) is 9.19. The van der Waals surface area contributed by atoms with Crippen LogP contribution in [0.4, 0.5) is 5.69 Å². The molecule has 168 valence electrons. The molecule has 33 heavy (non-hydrogen) atoms. The van der Waals surface area contributed by atoms with Crippen LogP contribution in [-0.2, 0) is 6.42 Å². The topological polar surface area (TPSA) is 113 Å². The molecule has 8 nitrogen and oxygen atoms in total. The summed E-state index contributed by atoms with van der Waals surface area (Å²) in [7, 11) is 1.49. The van der Waals surface area contributed by atoms with Crippen LogP contribution in [0.3, 0.4) is 0 Å². The lowest BCUT2D eigenvalue weighted by molar-refractivity contribution is 0.0964. The largest absolute Gasteiger partial charge is 0.355 e. The molecule has 0 bridgehead atoms. The Morgan fingerprint density at radius 3 is 2.73 bits per heavy atom. The number of carbonyl (C=O) groups is 2. The summed E-state index contributed by atoms with van der Waals surface area (Å²) in [5, 5.41) is 19.7. The van der Waals surface area contributed by atoms with Crippen molar-refractivity contribution >= 4 is 40.9 Å². The number of aromatic nitrogens is 3. The molecular weight excluding hydrogens is 460 g/mol. The van der Waals surface area contributed by atoms with E-state index in [0.29, 0.717) is 33.6 Å². The molecule has 0 radical (unpaired) electrons. The highest BCUT2D eigenvalue weighted by atomic mass is 35.5. The first-order valence-electron chi connectivity index (χ1n) is 10.3. The minimum absolute atomic E-state index is 0.205. The van der Waals surface area contributed by atoms with E-state index in [2.05, 4.69) is 20.7 Å². The van der Waals surface area contributed by atoms with E-state index in [1.165, 1.54) is 17.8 Å². The van der Waals surface area contributed by atoms with Gasteiger partial charge in [0.05, 0.1) is 33.6 Å². The van der Waals surface area contributed by atoms with Crippen LogP contribution in [0.15, 0.2) is 36.5 Å². The van der Waals surface area contributed by atoms with Gasteiger partial charge in [0.1, 0.15) is 5.69 Å². The maximum absolute atomic E-state index is 13.4. The average molecular weight is 481 g/mol. The van der Waals surface area contributed by atoms with Gasteiger partial charge in [-0.05, 0) is 66.7 Å². The fourth-order valence-corrected chi connectivity index (χ4v) is 4.60. The molecule has 1 fully saturated rings. The van der Waals surface area contributed by atoms with Crippen LogP contribution >= 0.6 is 23.4 Å². The van der Waals surface area contributed by atoms with Gasteiger partial charge < -0.3 is 10.6 Å². The van der Waals surface area contributed by atoms with Crippen molar-refractivity contribution in [3.05, 3.63) is 69.6 Å². The number of pyridine rings is 1. The van der Waals surface area contributed by atoms with Gasteiger partial charge in [0.2, 0.25) is 0 Å². The maximum atomic E-state index is 13.4. The summed E-state index contributed by atoms with van der Waals surface area (Å²) >= 11 is 8.24. The van der Waals surface area contributed by atoms with E-state index in [1.54, 1.807) is 37.4 Å². The molecule has 2 N–H and O–H groups in total. The summed E-state index contributed by atoms with van der Waals surface area (Å²) in [4.78, 5) is 30.2. The first kappa shape index (κ1) is 22.8. The minimum atomic E-state index is -0.462. The number of nitrogens with zero attached hydrogens (tertiary/aromatic N) is 4. The zero-order valence-electron chi connectivity index (χ0n) is 18.1. The van der Waals surface area contributed by atoms with E-state index >= 15 is 0 Å². The lowest BCUT2D eigenvalue weighted by Gasteiger charge is -2.23. The maximum Gasteiger partial charge on any atom is 0.274 e. The van der Waals surface area contributed by atoms with Gasteiger partial charge in [-0.25, -0.2) is 9.67 Å². The third kappa shape index (κ3) is 4.72. The van der Waals surface area contributed by atoms with E-state index < -0.39 is 11.8 Å². The Morgan fingerprint density at radius 1 is 1.30 bits per heavy atom. The van der Waals surface area contributed by atoms with Crippen LogP contribution in [-0.4, -0.2) is 45.1 Å². The molecule has 1 saturated heterocycles. The van der Waals surface area contributed by atoms with Crippen LogP contribution in [0.2, 0.25) is 5.02 Å². The molecule has 1 aliphatic heterocycles. The van der Waals surface area contributed by atoms with Gasteiger partial charge in [-0.15, -0.1) is 0 Å². The number of rotatable bonds is 6. The number of nitriles is 1. The van der Waals surface area contributed by atoms with Crippen LogP contribution in [0, 0.1) is 24.2 Å². The standard InChI is InChI=1S/C23H21ClN6O2S/c1-13-6-14(10-25)8-17(22(31)26-2)20(13)28-23(32)19-9-16(7-15-11-33-12-15)29-30(19)21-18(24)4-3-5-27-21/h3-6,8-9,15H,7,11-12H2,1-2H3,(H,26,31)(H,28,32). The number of nitrogens with one attached hydrogen (secondary N) is 2. The summed E-state index contributed by atoms with van der Waals surface area (Å²) in [6.07, 6.45) is 2.34. The van der Waals surface area contributed by atoms with Gasteiger partial charge in [-0.1, -0.05) is 11.6 Å². The van der Waals surface area contributed by atoms with Gasteiger partial charge >= 0.3 is 0 Å². The van der Waals surface area contributed by atoms with Gasteiger partial charge in [0.25, 0.3) is 11.8 Å². The normalized spacial score (nSPS) is 13.2. The number of hydrogen-bond acceptors (Lipinski definition) is 6. The molecule has 3 aromatic rings. The Balaban J connectivity index is 1.75. The SMILES string of the molecule is CNC(=O)c1cc(C#N)cc(C)c1NC(=O)c1cc(CC2CSC2)nn1-c1ncccc1Cl. The molecule has 2 aromatic heterocycles. The van der Waals surface area contributed by atoms with Gasteiger partial charge in [0, 0.05) is 13.2 Å². The van der Waals surface area contributed by atoms with Crippen molar-refractivity contribution in [2.24, 2.45) is 5.92 Å². The summed E-state index contributed by atoms with van der Waals surface area (Å²) < 4.78 is 1.44. The number of anilines is 1. The zero-order chi connectivity index (χ0) is 23.5. The Kier molecular flexibility index (Phi) is 6.67. The van der Waals surface area contributed by atoms with Crippen LogP contribution in [0.25, 0.3) is 5.82 Å². The highest BCUT2D eigenvalue weighted by Crippen LogP contribution is 2.29. The molecule has 0 spiro atoms. The molecule has 1 aromatic carbocycles. The van der Waals surface area contributed by atoms with Crippen molar-refractivity contribution in [3.63, 3.8) is 0 Å². The van der Waals surface area contributed by atoms with Crippen molar-refractivity contribution in [3.8, 4) is 11.9 Å². The Morgan fingerprint density at radius 2 is 2.09 bits per heavy atom. The van der Waals surface area contributed by atoms with E-state index in [1.807, 2.05) is 17.8 Å². The third-order valence-corrected chi connectivity index (χ3v) is 7.02.